The van der Waals surface area contributed by atoms with Crippen LogP contribution in [-0.2, 0) is 21.4 Å². The number of hydrogen-bond donors (Lipinski definition) is 1. The number of sulfonamides is 1. The van der Waals surface area contributed by atoms with Crippen molar-refractivity contribution in [3.63, 3.8) is 0 Å². The predicted octanol–water partition coefficient (Wildman–Crippen LogP) is 1.56. The topological polar surface area (TPSA) is 93.5 Å². The summed E-state index contributed by atoms with van der Waals surface area (Å²) in [5.74, 6) is 0.299. The molecule has 9 heteroatoms. The number of aryl methyl sites for hydroxylation is 2. The van der Waals surface area contributed by atoms with E-state index in [0.29, 0.717) is 30.9 Å². The van der Waals surface area contributed by atoms with Crippen molar-refractivity contribution < 1.29 is 17.9 Å². The summed E-state index contributed by atoms with van der Waals surface area (Å²) in [4.78, 5) is 16.2. The molecule has 1 fully saturated rings. The van der Waals surface area contributed by atoms with Crippen molar-refractivity contribution in [1.82, 2.24) is 19.2 Å². The lowest BCUT2D eigenvalue weighted by atomic mass is 10.2. The Morgan fingerprint density at radius 3 is 2.75 bits per heavy atom. The Bertz CT molecular complexity index is 891. The van der Waals surface area contributed by atoms with Crippen LogP contribution in [0.5, 0.6) is 5.75 Å². The molecule has 152 valence electrons. The zero-order valence-corrected chi connectivity index (χ0v) is 16.8. The Labute approximate surface area is 165 Å². The van der Waals surface area contributed by atoms with Gasteiger partial charge >= 0.3 is 0 Å². The van der Waals surface area contributed by atoms with Gasteiger partial charge in [-0.2, -0.15) is 4.31 Å². The number of carbonyl (C=O) groups excluding carboxylic acids is 1. The first-order valence-corrected chi connectivity index (χ1v) is 10.9. The number of hydrogen-bond acceptors (Lipinski definition) is 5. The van der Waals surface area contributed by atoms with Gasteiger partial charge < -0.3 is 14.6 Å². The quantitative estimate of drug-likeness (QED) is 0.638. The van der Waals surface area contributed by atoms with E-state index in [4.69, 9.17) is 4.74 Å². The van der Waals surface area contributed by atoms with Crippen molar-refractivity contribution in [2.45, 2.75) is 37.6 Å². The summed E-state index contributed by atoms with van der Waals surface area (Å²) in [7, 11) is -3.45. The summed E-state index contributed by atoms with van der Waals surface area (Å²) in [6.45, 7) is 4.15. The van der Waals surface area contributed by atoms with E-state index in [1.54, 1.807) is 37.6 Å². The molecule has 8 nitrogen and oxygen atoms in total. The third-order valence-electron chi connectivity index (χ3n) is 4.68. The first-order valence-electron chi connectivity index (χ1n) is 9.43. The molecular weight excluding hydrogens is 380 g/mol. The van der Waals surface area contributed by atoms with Gasteiger partial charge in [-0.05, 0) is 49.9 Å². The molecule has 1 aliphatic heterocycles. The molecule has 0 radical (unpaired) electrons. The average Bonchev–Trinajstić information content (AvgIpc) is 3.38. The molecule has 2 heterocycles. The molecule has 0 unspecified atom stereocenters. The van der Waals surface area contributed by atoms with Crippen molar-refractivity contribution in [3.05, 3.63) is 42.5 Å². The molecule has 2 aromatic rings. The van der Waals surface area contributed by atoms with Crippen molar-refractivity contribution in [3.8, 4) is 5.75 Å². The van der Waals surface area contributed by atoms with E-state index in [1.807, 2.05) is 10.8 Å². The molecule has 0 saturated carbocycles. The number of rotatable bonds is 9. The van der Waals surface area contributed by atoms with E-state index in [1.165, 1.54) is 4.31 Å². The van der Waals surface area contributed by atoms with Gasteiger partial charge in [-0.25, -0.2) is 13.4 Å². The summed E-state index contributed by atoms with van der Waals surface area (Å²) in [5, 5.41) is 2.81. The molecular formula is C19H26N4O4S. The maximum Gasteiger partial charge on any atom is 0.257 e. The SMILES string of the molecule is Cc1cc(S(=O)(=O)N2CCCC2)ccc1OCC(=O)NCCCn1ccnc1. The van der Waals surface area contributed by atoms with Crippen LogP contribution in [0.1, 0.15) is 24.8 Å². The highest BCUT2D eigenvalue weighted by Gasteiger charge is 2.27. The smallest absolute Gasteiger partial charge is 0.257 e. The van der Waals surface area contributed by atoms with Gasteiger partial charge in [0, 0.05) is 38.6 Å². The van der Waals surface area contributed by atoms with Crippen LogP contribution in [0.4, 0.5) is 0 Å². The molecule has 1 saturated heterocycles. The lowest BCUT2D eigenvalue weighted by Crippen LogP contribution is -2.30. The summed E-state index contributed by atoms with van der Waals surface area (Å²) < 4.78 is 34.2. The second-order valence-corrected chi connectivity index (χ2v) is 8.77. The van der Waals surface area contributed by atoms with Gasteiger partial charge in [-0.3, -0.25) is 4.79 Å². The molecule has 0 atom stereocenters. The fourth-order valence-corrected chi connectivity index (χ4v) is 4.73. The number of nitrogens with one attached hydrogen (secondary N) is 1. The van der Waals surface area contributed by atoms with E-state index < -0.39 is 10.0 Å². The van der Waals surface area contributed by atoms with Crippen LogP contribution in [0, 0.1) is 6.92 Å². The molecule has 1 aromatic heterocycles. The number of aromatic nitrogens is 2. The van der Waals surface area contributed by atoms with Crippen LogP contribution in [0.2, 0.25) is 0 Å². The standard InChI is InChI=1S/C19H26N4O4S/c1-16-13-17(28(25,26)23-10-2-3-11-23)5-6-18(16)27-14-19(24)21-7-4-9-22-12-8-20-15-22/h5-6,8,12-13,15H,2-4,7,9-11,14H2,1H3,(H,21,24). The third-order valence-corrected chi connectivity index (χ3v) is 6.58. The first kappa shape index (κ1) is 20.3. The van der Waals surface area contributed by atoms with E-state index in [0.717, 1.165) is 25.8 Å². The van der Waals surface area contributed by atoms with Crippen LogP contribution in [-0.4, -0.2) is 54.4 Å². The zero-order chi connectivity index (χ0) is 20.0. The highest BCUT2D eigenvalue weighted by atomic mass is 32.2. The normalized spacial score (nSPS) is 14.9. The first-order chi connectivity index (χ1) is 13.5. The van der Waals surface area contributed by atoms with Crippen LogP contribution in [0.25, 0.3) is 0 Å². The third kappa shape index (κ3) is 5.11. The summed E-state index contributed by atoms with van der Waals surface area (Å²) >= 11 is 0. The number of imidazole rings is 1. The Balaban J connectivity index is 1.47. The maximum absolute atomic E-state index is 12.6. The van der Waals surface area contributed by atoms with E-state index in [2.05, 4.69) is 10.3 Å². The Morgan fingerprint density at radius 1 is 1.29 bits per heavy atom. The molecule has 1 aromatic carbocycles. The minimum absolute atomic E-state index is 0.107. The van der Waals surface area contributed by atoms with Gasteiger partial charge in [-0.1, -0.05) is 0 Å². The summed E-state index contributed by atoms with van der Waals surface area (Å²) in [6.07, 6.45) is 7.93. The van der Waals surface area contributed by atoms with Crippen molar-refractivity contribution in [1.29, 1.82) is 0 Å². The van der Waals surface area contributed by atoms with Gasteiger partial charge in [0.2, 0.25) is 10.0 Å². The minimum Gasteiger partial charge on any atom is -0.484 e. The molecule has 3 rings (SSSR count). The maximum atomic E-state index is 12.6. The molecule has 1 amide bonds. The van der Waals surface area contributed by atoms with E-state index in [9.17, 15) is 13.2 Å². The van der Waals surface area contributed by atoms with Gasteiger partial charge in [0.25, 0.3) is 5.91 Å². The number of benzene rings is 1. The molecule has 0 spiro atoms. The number of carbonyl (C=O) groups is 1. The fourth-order valence-electron chi connectivity index (χ4n) is 3.12. The number of ether oxygens (including phenoxy) is 1. The van der Waals surface area contributed by atoms with Gasteiger partial charge in [-0.15, -0.1) is 0 Å². The van der Waals surface area contributed by atoms with Crippen molar-refractivity contribution >= 4 is 15.9 Å². The summed E-state index contributed by atoms with van der Waals surface area (Å²) in [5.41, 5.74) is 0.688. The Morgan fingerprint density at radius 2 is 2.07 bits per heavy atom. The van der Waals surface area contributed by atoms with Gasteiger partial charge in [0.1, 0.15) is 5.75 Å². The second-order valence-electron chi connectivity index (χ2n) is 6.83. The van der Waals surface area contributed by atoms with E-state index >= 15 is 0 Å². The van der Waals surface area contributed by atoms with Gasteiger partial charge in [0.15, 0.2) is 6.61 Å². The van der Waals surface area contributed by atoms with Crippen LogP contribution < -0.4 is 10.1 Å². The molecule has 1 N–H and O–H groups in total. The monoisotopic (exact) mass is 406 g/mol. The van der Waals surface area contributed by atoms with Crippen molar-refractivity contribution in [2.24, 2.45) is 0 Å². The van der Waals surface area contributed by atoms with Crippen LogP contribution in [0.15, 0.2) is 41.8 Å². The summed E-state index contributed by atoms with van der Waals surface area (Å²) in [6, 6.07) is 4.76. The molecule has 0 bridgehead atoms. The largest absolute Gasteiger partial charge is 0.484 e. The van der Waals surface area contributed by atoms with E-state index in [-0.39, 0.29) is 17.4 Å². The highest BCUT2D eigenvalue weighted by Crippen LogP contribution is 2.26. The molecule has 0 aliphatic carbocycles. The number of nitrogens with zero attached hydrogens (tertiary/aromatic N) is 3. The van der Waals surface area contributed by atoms with Crippen LogP contribution in [0.3, 0.4) is 0 Å². The second kappa shape index (κ2) is 9.20. The molecule has 28 heavy (non-hydrogen) atoms. The number of amides is 1. The van der Waals surface area contributed by atoms with Crippen LogP contribution >= 0.6 is 0 Å². The lowest BCUT2D eigenvalue weighted by molar-refractivity contribution is -0.123. The van der Waals surface area contributed by atoms with Crippen molar-refractivity contribution in [2.75, 3.05) is 26.2 Å². The van der Waals surface area contributed by atoms with Gasteiger partial charge in [0.05, 0.1) is 11.2 Å². The zero-order valence-electron chi connectivity index (χ0n) is 16.0. The lowest BCUT2D eigenvalue weighted by Gasteiger charge is -2.17. The fraction of sp³-hybridized carbons (Fsp3) is 0.474. The highest BCUT2D eigenvalue weighted by molar-refractivity contribution is 7.89. The predicted molar refractivity (Wildman–Crippen MR) is 105 cm³/mol. The average molecular weight is 407 g/mol. The Kier molecular flexibility index (Phi) is 6.69. The Hall–Kier alpha value is -2.39. The minimum atomic E-state index is -3.45. The molecule has 1 aliphatic rings.